The van der Waals surface area contributed by atoms with Crippen molar-refractivity contribution in [3.05, 3.63) is 0 Å². The third kappa shape index (κ3) is 1.69. The van der Waals surface area contributed by atoms with E-state index in [1.165, 1.54) is 38.5 Å². The van der Waals surface area contributed by atoms with Gasteiger partial charge in [0.05, 0.1) is 12.2 Å². The molecule has 1 saturated heterocycles. The number of epoxide rings is 1. The fourth-order valence-corrected chi connectivity index (χ4v) is 6.93. The summed E-state index contributed by atoms with van der Waals surface area (Å²) in [4.78, 5) is 0. The lowest BCUT2D eigenvalue weighted by atomic mass is 9.60. The van der Waals surface area contributed by atoms with Gasteiger partial charge in [0.1, 0.15) is 0 Å². The Morgan fingerprint density at radius 3 is 2.32 bits per heavy atom. The summed E-state index contributed by atoms with van der Waals surface area (Å²) in [6.45, 7) is 0. The first-order valence-electron chi connectivity index (χ1n) is 9.07. The zero-order chi connectivity index (χ0) is 12.4. The minimum atomic E-state index is 0.694. The number of ether oxygens (including phenoxy) is 1. The molecule has 106 valence electrons. The third-order valence-corrected chi connectivity index (χ3v) is 7.66. The average molecular weight is 260 g/mol. The molecular weight excluding hydrogens is 232 g/mol. The standard InChI is InChI=1S/C18H28O/c1-2-6-15-13(5-1)14-9-8-11-4-3-7-12(11)16(14)10-17-18(15)19-17/h11-18H,1-10H2. The van der Waals surface area contributed by atoms with Crippen molar-refractivity contribution in [2.24, 2.45) is 35.5 Å². The van der Waals surface area contributed by atoms with Crippen molar-refractivity contribution >= 4 is 0 Å². The molecule has 0 amide bonds. The molecule has 19 heavy (non-hydrogen) atoms. The lowest BCUT2D eigenvalue weighted by Crippen LogP contribution is -2.39. The van der Waals surface area contributed by atoms with Crippen molar-refractivity contribution in [1.29, 1.82) is 0 Å². The summed E-state index contributed by atoms with van der Waals surface area (Å²) in [6, 6.07) is 0. The van der Waals surface area contributed by atoms with Crippen LogP contribution in [0.1, 0.15) is 64.2 Å². The molecule has 0 aromatic rings. The van der Waals surface area contributed by atoms with E-state index < -0.39 is 0 Å². The van der Waals surface area contributed by atoms with E-state index in [2.05, 4.69) is 0 Å². The van der Waals surface area contributed by atoms with Crippen LogP contribution < -0.4 is 0 Å². The summed E-state index contributed by atoms with van der Waals surface area (Å²) in [5.74, 6) is 6.39. The van der Waals surface area contributed by atoms with Gasteiger partial charge in [-0.05, 0) is 74.0 Å². The molecule has 1 aliphatic heterocycles. The van der Waals surface area contributed by atoms with E-state index in [0.29, 0.717) is 12.2 Å². The Hall–Kier alpha value is -0.0400. The van der Waals surface area contributed by atoms with Gasteiger partial charge in [-0.3, -0.25) is 0 Å². The fraction of sp³-hybridized carbons (Fsp3) is 1.00. The minimum absolute atomic E-state index is 0.694. The Bertz CT molecular complexity index is 365. The summed E-state index contributed by atoms with van der Waals surface area (Å²) < 4.78 is 6.12. The smallest absolute Gasteiger partial charge is 0.0872 e. The maximum atomic E-state index is 6.12. The number of hydrogen-bond donors (Lipinski definition) is 0. The third-order valence-electron chi connectivity index (χ3n) is 7.66. The highest BCUT2D eigenvalue weighted by Crippen LogP contribution is 2.59. The Morgan fingerprint density at radius 1 is 0.579 bits per heavy atom. The normalized spacial score (nSPS) is 59.4. The molecule has 8 atom stereocenters. The Balaban J connectivity index is 1.47. The van der Waals surface area contributed by atoms with Gasteiger partial charge < -0.3 is 4.74 Å². The van der Waals surface area contributed by atoms with Crippen LogP contribution in [0.3, 0.4) is 0 Å². The summed E-state index contributed by atoms with van der Waals surface area (Å²) in [7, 11) is 0. The fourth-order valence-electron chi connectivity index (χ4n) is 6.93. The van der Waals surface area contributed by atoms with Gasteiger partial charge in [0.25, 0.3) is 0 Å². The van der Waals surface area contributed by atoms with Crippen molar-refractivity contribution in [3.63, 3.8) is 0 Å². The molecule has 0 N–H and O–H groups in total. The molecule has 8 unspecified atom stereocenters. The minimum Gasteiger partial charge on any atom is -0.369 e. The monoisotopic (exact) mass is 260 g/mol. The van der Waals surface area contributed by atoms with Crippen molar-refractivity contribution in [1.82, 2.24) is 0 Å². The predicted molar refractivity (Wildman–Crippen MR) is 75.8 cm³/mol. The van der Waals surface area contributed by atoms with Crippen LogP contribution >= 0.6 is 0 Å². The zero-order valence-corrected chi connectivity index (χ0v) is 12.1. The van der Waals surface area contributed by atoms with Crippen LogP contribution in [0.2, 0.25) is 0 Å². The largest absolute Gasteiger partial charge is 0.369 e. The zero-order valence-electron chi connectivity index (χ0n) is 12.1. The van der Waals surface area contributed by atoms with E-state index in [0.717, 1.165) is 35.5 Å². The molecular formula is C18H28O. The molecule has 0 bridgehead atoms. The van der Waals surface area contributed by atoms with Gasteiger partial charge in [0.2, 0.25) is 0 Å². The van der Waals surface area contributed by atoms with Crippen LogP contribution in [-0.4, -0.2) is 12.2 Å². The first kappa shape index (κ1) is 11.6. The molecule has 1 heterocycles. The van der Waals surface area contributed by atoms with Crippen molar-refractivity contribution in [2.75, 3.05) is 0 Å². The van der Waals surface area contributed by atoms with Crippen LogP contribution in [0.25, 0.3) is 0 Å². The summed E-state index contributed by atoms with van der Waals surface area (Å²) >= 11 is 0. The molecule has 0 aromatic carbocycles. The van der Waals surface area contributed by atoms with E-state index in [4.69, 9.17) is 4.74 Å². The summed E-state index contributed by atoms with van der Waals surface area (Å²) in [5.41, 5.74) is 0. The molecule has 0 radical (unpaired) electrons. The topological polar surface area (TPSA) is 12.5 Å². The van der Waals surface area contributed by atoms with Crippen molar-refractivity contribution in [2.45, 2.75) is 76.4 Å². The van der Waals surface area contributed by atoms with Crippen LogP contribution in [0.5, 0.6) is 0 Å². The first-order valence-corrected chi connectivity index (χ1v) is 9.07. The second-order valence-electron chi connectivity index (χ2n) is 8.25. The highest BCUT2D eigenvalue weighted by Gasteiger charge is 2.57. The van der Waals surface area contributed by atoms with E-state index in [9.17, 15) is 0 Å². The maximum Gasteiger partial charge on any atom is 0.0872 e. The molecule has 1 nitrogen and oxygen atoms in total. The van der Waals surface area contributed by atoms with Gasteiger partial charge in [-0.25, -0.2) is 0 Å². The number of hydrogen-bond acceptors (Lipinski definition) is 1. The highest BCUT2D eigenvalue weighted by molar-refractivity contribution is 5.05. The molecule has 4 aliphatic carbocycles. The molecule has 0 aromatic heterocycles. The van der Waals surface area contributed by atoms with E-state index in [1.807, 2.05) is 0 Å². The Labute approximate surface area is 117 Å². The molecule has 5 aliphatic rings. The molecule has 4 saturated carbocycles. The second kappa shape index (κ2) is 4.23. The lowest BCUT2D eigenvalue weighted by molar-refractivity contribution is 0.0142. The quantitative estimate of drug-likeness (QED) is 0.588. The van der Waals surface area contributed by atoms with E-state index in [-0.39, 0.29) is 0 Å². The van der Waals surface area contributed by atoms with Crippen LogP contribution in [-0.2, 0) is 4.74 Å². The SMILES string of the molecule is C1CC2CCC3C(CC4OC4C4CCCCC34)C2C1. The summed E-state index contributed by atoms with van der Waals surface area (Å²) in [5, 5.41) is 0. The maximum absolute atomic E-state index is 6.12. The van der Waals surface area contributed by atoms with Gasteiger partial charge in [-0.2, -0.15) is 0 Å². The second-order valence-corrected chi connectivity index (χ2v) is 8.25. The average Bonchev–Trinajstić information content (AvgIpc) is 3.06. The molecule has 5 rings (SSSR count). The van der Waals surface area contributed by atoms with Crippen molar-refractivity contribution < 1.29 is 4.74 Å². The predicted octanol–water partition coefficient (Wildman–Crippen LogP) is 4.41. The van der Waals surface area contributed by atoms with Crippen LogP contribution in [0.15, 0.2) is 0 Å². The number of rotatable bonds is 0. The highest BCUT2D eigenvalue weighted by atomic mass is 16.6. The molecule has 1 heteroatoms. The Morgan fingerprint density at radius 2 is 1.37 bits per heavy atom. The van der Waals surface area contributed by atoms with E-state index in [1.54, 1.807) is 25.7 Å². The van der Waals surface area contributed by atoms with Crippen molar-refractivity contribution in [3.8, 4) is 0 Å². The molecule has 0 spiro atoms. The van der Waals surface area contributed by atoms with E-state index >= 15 is 0 Å². The van der Waals surface area contributed by atoms with Gasteiger partial charge >= 0.3 is 0 Å². The lowest BCUT2D eigenvalue weighted by Gasteiger charge is -2.46. The first-order chi connectivity index (χ1) is 9.42. The number of fused-ring (bicyclic) bond motifs is 7. The molecule has 5 fully saturated rings. The summed E-state index contributed by atoms with van der Waals surface area (Å²) in [6.07, 6.45) is 16.7. The van der Waals surface area contributed by atoms with Gasteiger partial charge in [-0.1, -0.05) is 25.7 Å². The van der Waals surface area contributed by atoms with Gasteiger partial charge in [0, 0.05) is 0 Å². The van der Waals surface area contributed by atoms with Crippen LogP contribution in [0.4, 0.5) is 0 Å². The Kier molecular flexibility index (Phi) is 2.58. The van der Waals surface area contributed by atoms with Gasteiger partial charge in [0.15, 0.2) is 0 Å². The van der Waals surface area contributed by atoms with Crippen LogP contribution in [0, 0.1) is 35.5 Å². The van der Waals surface area contributed by atoms with Gasteiger partial charge in [-0.15, -0.1) is 0 Å².